The van der Waals surface area contributed by atoms with E-state index < -0.39 is 0 Å². The zero-order valence-electron chi connectivity index (χ0n) is 21.6. The van der Waals surface area contributed by atoms with Crippen molar-refractivity contribution in [2.45, 2.75) is 19.5 Å². The van der Waals surface area contributed by atoms with Crippen LogP contribution >= 0.6 is 0 Å². The van der Waals surface area contributed by atoms with Crippen molar-refractivity contribution in [3.63, 3.8) is 0 Å². The second-order valence-corrected chi connectivity index (χ2v) is 9.47. The molecule has 0 aliphatic carbocycles. The average molecular weight is 496 g/mol. The first-order valence-corrected chi connectivity index (χ1v) is 13.0. The van der Waals surface area contributed by atoms with E-state index in [4.69, 9.17) is 11.5 Å². The second kappa shape index (κ2) is 11.6. The van der Waals surface area contributed by atoms with Gasteiger partial charge in [0.25, 0.3) is 0 Å². The van der Waals surface area contributed by atoms with Crippen LogP contribution in [0.25, 0.3) is 32.8 Å². The van der Waals surface area contributed by atoms with Gasteiger partial charge in [0.15, 0.2) is 0 Å². The van der Waals surface area contributed by atoms with Crippen molar-refractivity contribution in [1.82, 2.24) is 5.32 Å². The van der Waals surface area contributed by atoms with Gasteiger partial charge >= 0.3 is 0 Å². The molecule has 188 valence electrons. The Hall–Kier alpha value is -4.60. The summed E-state index contributed by atoms with van der Waals surface area (Å²) in [6.07, 6.45) is 7.78. The van der Waals surface area contributed by atoms with Crippen LogP contribution in [0.15, 0.2) is 134 Å². The third kappa shape index (κ3) is 5.69. The molecule has 0 radical (unpaired) electrons. The molecule has 0 amide bonds. The molecule has 0 fully saturated rings. The summed E-state index contributed by atoms with van der Waals surface area (Å²) in [4.78, 5) is 0. The summed E-state index contributed by atoms with van der Waals surface area (Å²) < 4.78 is 0. The van der Waals surface area contributed by atoms with E-state index in [2.05, 4.69) is 121 Å². The number of hydrogen-bond donors (Lipinski definition) is 3. The minimum absolute atomic E-state index is 0.0618. The van der Waals surface area contributed by atoms with E-state index in [1.54, 1.807) is 6.20 Å². The van der Waals surface area contributed by atoms with E-state index in [9.17, 15) is 0 Å². The van der Waals surface area contributed by atoms with E-state index >= 15 is 0 Å². The predicted molar refractivity (Wildman–Crippen MR) is 163 cm³/mol. The fourth-order valence-electron chi connectivity index (χ4n) is 4.79. The van der Waals surface area contributed by atoms with Crippen molar-refractivity contribution in [1.29, 1.82) is 0 Å². The number of rotatable bonds is 8. The van der Waals surface area contributed by atoms with Gasteiger partial charge in [0.05, 0.1) is 6.04 Å². The summed E-state index contributed by atoms with van der Waals surface area (Å²) >= 11 is 0. The normalized spacial score (nSPS) is 13.4. The van der Waals surface area contributed by atoms with Crippen LogP contribution in [-0.4, -0.2) is 0 Å². The van der Waals surface area contributed by atoms with Gasteiger partial charge in [-0.15, -0.1) is 0 Å². The molecule has 1 atom stereocenters. The van der Waals surface area contributed by atoms with Crippen molar-refractivity contribution in [2.24, 2.45) is 11.5 Å². The molecule has 0 aromatic heterocycles. The molecule has 3 heteroatoms. The molecule has 0 aliphatic heterocycles. The van der Waals surface area contributed by atoms with Crippen LogP contribution in [0.2, 0.25) is 0 Å². The maximum Gasteiger partial charge on any atom is 0.0532 e. The first-order chi connectivity index (χ1) is 18.6. The van der Waals surface area contributed by atoms with Crippen LogP contribution in [0, 0.1) is 0 Å². The van der Waals surface area contributed by atoms with E-state index in [0.717, 1.165) is 22.4 Å². The molecule has 1 unspecified atom stereocenters. The number of hydrogen-bond acceptors (Lipinski definition) is 3. The molecule has 5 aromatic rings. The van der Waals surface area contributed by atoms with Crippen LogP contribution < -0.4 is 16.8 Å². The first kappa shape index (κ1) is 25.1. The Kier molecular flexibility index (Phi) is 7.67. The van der Waals surface area contributed by atoms with Crippen molar-refractivity contribution < 1.29 is 0 Å². The number of fused-ring (bicyclic) bond motifs is 2. The third-order valence-electron chi connectivity index (χ3n) is 6.90. The van der Waals surface area contributed by atoms with Gasteiger partial charge in [0.1, 0.15) is 0 Å². The van der Waals surface area contributed by atoms with Crippen molar-refractivity contribution in [3.05, 3.63) is 156 Å². The van der Waals surface area contributed by atoms with Crippen molar-refractivity contribution >= 4 is 32.8 Å². The zero-order chi connectivity index (χ0) is 26.3. The van der Waals surface area contributed by atoms with Crippen LogP contribution in [-0.2, 0) is 6.54 Å². The van der Waals surface area contributed by atoms with Crippen LogP contribution in [0.5, 0.6) is 0 Å². The smallest absolute Gasteiger partial charge is 0.0532 e. The Morgan fingerprint density at radius 1 is 0.737 bits per heavy atom. The Bertz CT molecular complexity index is 1640. The molecule has 38 heavy (non-hydrogen) atoms. The lowest BCUT2D eigenvalue weighted by molar-refractivity contribution is 0.622. The third-order valence-corrected chi connectivity index (χ3v) is 6.90. The van der Waals surface area contributed by atoms with Crippen LogP contribution in [0.3, 0.4) is 0 Å². The van der Waals surface area contributed by atoms with Gasteiger partial charge in [-0.2, -0.15) is 0 Å². The molecule has 0 bridgehead atoms. The van der Waals surface area contributed by atoms with E-state index in [1.165, 1.54) is 32.7 Å². The largest absolute Gasteiger partial charge is 0.404 e. The summed E-state index contributed by atoms with van der Waals surface area (Å²) in [6.45, 7) is 2.69. The molecule has 0 aliphatic rings. The van der Waals surface area contributed by atoms with Gasteiger partial charge in [0, 0.05) is 18.4 Å². The number of nitrogens with two attached hydrogens (primary N) is 2. The molecule has 3 nitrogen and oxygen atoms in total. The molecule has 0 saturated carbocycles. The Balaban J connectivity index is 1.45. The summed E-state index contributed by atoms with van der Waals surface area (Å²) in [7, 11) is 0. The first-order valence-electron chi connectivity index (χ1n) is 13.0. The molecular weight excluding hydrogens is 462 g/mol. The van der Waals surface area contributed by atoms with Crippen molar-refractivity contribution in [3.8, 4) is 0 Å². The monoisotopic (exact) mass is 495 g/mol. The highest BCUT2D eigenvalue weighted by Crippen LogP contribution is 2.26. The van der Waals surface area contributed by atoms with Crippen LogP contribution in [0.1, 0.15) is 35.2 Å². The molecule has 5 N–H and O–H groups in total. The minimum Gasteiger partial charge on any atom is -0.404 e. The molecule has 5 rings (SSSR count). The lowest BCUT2D eigenvalue weighted by Gasteiger charge is -2.18. The lowest BCUT2D eigenvalue weighted by Crippen LogP contribution is -2.20. The molecular formula is C35H33N3. The fraction of sp³-hybridized carbons (Fsp3) is 0.0857. The maximum absolute atomic E-state index is 6.70. The average Bonchev–Trinajstić information content (AvgIpc) is 2.97. The van der Waals surface area contributed by atoms with Gasteiger partial charge in [-0.1, -0.05) is 109 Å². The van der Waals surface area contributed by atoms with Gasteiger partial charge in [-0.25, -0.2) is 0 Å². The number of nitrogens with one attached hydrogen (secondary N) is 1. The highest BCUT2D eigenvalue weighted by atomic mass is 14.9. The van der Waals surface area contributed by atoms with Crippen molar-refractivity contribution in [2.75, 3.05) is 0 Å². The summed E-state index contributed by atoms with van der Waals surface area (Å²) in [6, 6.07) is 38.2. The minimum atomic E-state index is -0.0618. The molecule has 5 aromatic carbocycles. The van der Waals surface area contributed by atoms with E-state index in [1.807, 2.05) is 19.1 Å². The number of allylic oxidation sites excluding steroid dienone is 3. The van der Waals surface area contributed by atoms with Gasteiger partial charge in [-0.05, 0) is 74.5 Å². The van der Waals surface area contributed by atoms with E-state index in [-0.39, 0.29) is 6.04 Å². The molecule has 0 heterocycles. The van der Waals surface area contributed by atoms with Gasteiger partial charge in [0.2, 0.25) is 0 Å². The van der Waals surface area contributed by atoms with Gasteiger partial charge in [-0.3, -0.25) is 0 Å². The topological polar surface area (TPSA) is 64.1 Å². The summed E-state index contributed by atoms with van der Waals surface area (Å²) in [5, 5.41) is 8.56. The Labute approximate surface area is 224 Å². The highest BCUT2D eigenvalue weighted by Gasteiger charge is 2.12. The summed E-state index contributed by atoms with van der Waals surface area (Å²) in [5.41, 5.74) is 18.7. The zero-order valence-corrected chi connectivity index (χ0v) is 21.6. The lowest BCUT2D eigenvalue weighted by atomic mass is 9.98. The SMILES string of the molecule is C/C=C\C(=C/N)c1ccc(CNC(/C=C(\N)c2ccc3ccccc3c2)c2ccc3ccccc3c2)cc1. The number of benzene rings is 5. The Morgan fingerprint density at radius 3 is 2.00 bits per heavy atom. The van der Waals surface area contributed by atoms with E-state index in [0.29, 0.717) is 6.54 Å². The quantitative estimate of drug-likeness (QED) is 0.193. The predicted octanol–water partition coefficient (Wildman–Crippen LogP) is 7.70. The maximum atomic E-state index is 6.70. The molecule has 0 saturated heterocycles. The Morgan fingerprint density at radius 2 is 1.34 bits per heavy atom. The standard InChI is InChI=1S/C35H33N3/c1-2-7-33(23-36)28-14-12-25(13-15-28)24-38-35(32-19-17-27-9-4-6-11-30(27)21-32)22-34(37)31-18-16-26-8-3-5-10-29(26)20-31/h2-23,35,38H,24,36-37H2,1H3/b7-2-,33-23+,34-22-. The fourth-order valence-corrected chi connectivity index (χ4v) is 4.79. The highest BCUT2D eigenvalue weighted by molar-refractivity contribution is 5.86. The van der Waals surface area contributed by atoms with Crippen LogP contribution in [0.4, 0.5) is 0 Å². The van der Waals surface area contributed by atoms with Gasteiger partial charge < -0.3 is 16.8 Å². The second-order valence-electron chi connectivity index (χ2n) is 9.47. The summed E-state index contributed by atoms with van der Waals surface area (Å²) in [5.74, 6) is 0. The molecule has 0 spiro atoms.